The summed E-state index contributed by atoms with van der Waals surface area (Å²) in [5.74, 6) is 1.20. The predicted octanol–water partition coefficient (Wildman–Crippen LogP) is 7.00. The lowest BCUT2D eigenvalue weighted by Gasteiger charge is -2.38. The van der Waals surface area contributed by atoms with Gasteiger partial charge >= 0.3 is 5.97 Å². The van der Waals surface area contributed by atoms with E-state index in [1.807, 2.05) is 6.07 Å². The van der Waals surface area contributed by atoms with Crippen molar-refractivity contribution in [3.63, 3.8) is 0 Å². The van der Waals surface area contributed by atoms with Crippen LogP contribution in [0.2, 0.25) is 0 Å². The van der Waals surface area contributed by atoms with E-state index in [-0.39, 0.29) is 23.8 Å². The number of carbonyl (C=O) groups is 1. The second-order valence-corrected chi connectivity index (χ2v) is 12.8. The van der Waals surface area contributed by atoms with Gasteiger partial charge in [0.2, 0.25) is 0 Å². The van der Waals surface area contributed by atoms with E-state index >= 15 is 0 Å². The lowest BCUT2D eigenvalue weighted by Crippen LogP contribution is -2.45. The van der Waals surface area contributed by atoms with Gasteiger partial charge in [-0.05, 0) is 75.6 Å². The van der Waals surface area contributed by atoms with Gasteiger partial charge in [-0.2, -0.15) is 0 Å². The summed E-state index contributed by atoms with van der Waals surface area (Å²) in [5, 5.41) is 5.21. The molecule has 4 aromatic rings. The maximum atomic E-state index is 14.8. The summed E-state index contributed by atoms with van der Waals surface area (Å²) in [6.07, 6.45) is 6.18. The van der Waals surface area contributed by atoms with Crippen LogP contribution in [0, 0.1) is 19.7 Å². The molecule has 8 nitrogen and oxygen atoms in total. The Morgan fingerprint density at radius 1 is 1.10 bits per heavy atom. The number of esters is 1. The number of para-hydroxylation sites is 1. The lowest BCUT2D eigenvalue weighted by molar-refractivity contribution is 0.0140. The summed E-state index contributed by atoms with van der Waals surface area (Å²) in [7, 11) is 1.29. The first-order valence-corrected chi connectivity index (χ1v) is 15.5. The fourth-order valence-corrected chi connectivity index (χ4v) is 7.72. The molecule has 2 aliphatic heterocycles. The zero-order chi connectivity index (χ0) is 29.0. The lowest BCUT2D eigenvalue weighted by atomic mass is 10.00. The number of hydrogen-bond donors (Lipinski definition) is 0. The molecule has 3 aliphatic rings. The molecule has 0 radical (unpaired) electrons. The number of nitrogens with zero attached hydrogens (tertiary/aromatic N) is 3. The number of ether oxygens (including phenoxy) is 3. The summed E-state index contributed by atoms with van der Waals surface area (Å²) in [4.78, 5) is 19.0. The molecule has 1 aliphatic carbocycles. The number of aryl methyl sites for hydroxylation is 2. The normalized spacial score (nSPS) is 21.7. The Morgan fingerprint density at radius 2 is 1.83 bits per heavy atom. The van der Waals surface area contributed by atoms with Gasteiger partial charge in [-0.25, -0.2) is 14.2 Å². The highest BCUT2D eigenvalue weighted by molar-refractivity contribution is 7.22. The first kappa shape index (κ1) is 27.3. The van der Waals surface area contributed by atoms with E-state index in [1.165, 1.54) is 24.5 Å². The average molecular weight is 592 g/mol. The molecular formula is C32H34FN3O5S. The average Bonchev–Trinajstić information content (AvgIpc) is 3.50. The highest BCUT2D eigenvalue weighted by atomic mass is 32.1. The molecule has 3 fully saturated rings. The summed E-state index contributed by atoms with van der Waals surface area (Å²) in [6.45, 7) is 4.90. The molecule has 3 atom stereocenters. The Hall–Kier alpha value is -3.50. The minimum Gasteiger partial charge on any atom is -0.487 e. The van der Waals surface area contributed by atoms with Gasteiger partial charge < -0.3 is 23.6 Å². The van der Waals surface area contributed by atoms with Gasteiger partial charge in [0.05, 0.1) is 30.1 Å². The van der Waals surface area contributed by atoms with Gasteiger partial charge in [0.15, 0.2) is 10.9 Å². The van der Waals surface area contributed by atoms with Gasteiger partial charge in [-0.15, -0.1) is 0 Å². The molecule has 4 heterocycles. The quantitative estimate of drug-likeness (QED) is 0.192. The highest BCUT2D eigenvalue weighted by Crippen LogP contribution is 2.45. The maximum Gasteiger partial charge on any atom is 0.338 e. The largest absolute Gasteiger partial charge is 0.487 e. The second-order valence-electron chi connectivity index (χ2n) is 11.7. The van der Waals surface area contributed by atoms with E-state index in [2.05, 4.69) is 41.0 Å². The van der Waals surface area contributed by atoms with Crippen LogP contribution in [0.4, 0.5) is 9.52 Å². The first-order chi connectivity index (χ1) is 20.4. The van der Waals surface area contributed by atoms with Crippen LogP contribution in [-0.2, 0) is 22.7 Å². The Bertz CT molecular complexity index is 1610. The van der Waals surface area contributed by atoms with E-state index in [0.717, 1.165) is 77.6 Å². The third kappa shape index (κ3) is 5.04. The minimum absolute atomic E-state index is 0.102. The van der Waals surface area contributed by atoms with Crippen molar-refractivity contribution in [2.24, 2.45) is 0 Å². The molecule has 1 saturated carbocycles. The molecule has 2 aromatic carbocycles. The van der Waals surface area contributed by atoms with Crippen LogP contribution in [-0.4, -0.2) is 41.4 Å². The predicted molar refractivity (Wildman–Crippen MR) is 157 cm³/mol. The Balaban J connectivity index is 1.05. The molecule has 0 amide bonds. The number of anilines is 1. The number of rotatable bonds is 9. The van der Waals surface area contributed by atoms with E-state index in [4.69, 9.17) is 18.7 Å². The van der Waals surface area contributed by atoms with Crippen LogP contribution >= 0.6 is 11.3 Å². The fraction of sp³-hybridized carbons (Fsp3) is 0.469. The van der Waals surface area contributed by atoms with Gasteiger partial charge in [0.25, 0.3) is 0 Å². The van der Waals surface area contributed by atoms with Crippen molar-refractivity contribution >= 4 is 32.7 Å². The minimum atomic E-state index is -0.554. The van der Waals surface area contributed by atoms with Crippen molar-refractivity contribution in [1.82, 2.24) is 10.1 Å². The molecule has 2 aromatic heterocycles. The molecule has 1 unspecified atom stereocenters. The van der Waals surface area contributed by atoms with E-state index in [0.29, 0.717) is 29.3 Å². The Kier molecular flexibility index (Phi) is 7.14. The van der Waals surface area contributed by atoms with Crippen molar-refractivity contribution in [2.75, 3.05) is 12.0 Å². The van der Waals surface area contributed by atoms with Crippen molar-refractivity contribution in [1.29, 1.82) is 0 Å². The van der Waals surface area contributed by atoms with Crippen molar-refractivity contribution in [2.45, 2.75) is 89.7 Å². The smallest absolute Gasteiger partial charge is 0.338 e. The summed E-state index contributed by atoms with van der Waals surface area (Å²) in [5.41, 5.74) is 4.54. The number of hydrogen-bond acceptors (Lipinski definition) is 9. The van der Waals surface area contributed by atoms with Crippen LogP contribution < -0.4 is 9.64 Å². The number of aromatic nitrogens is 2. The standard InChI is InChI=1S/C32H34FN3O5S/c1-17-5-4-6-18(2)29(17)40-16-26-24(30(41-35-26)19-7-8-19)15-39-23-13-21-9-10-22(14-23)36(21)32-34-28-25(33)11-20(31(37)38-3)12-27(28)42-32/h4-6,11-12,19,21-23H,7-10,13-16H2,1-3H3/t21-,22+,23?. The molecule has 2 saturated heterocycles. The van der Waals surface area contributed by atoms with E-state index < -0.39 is 11.8 Å². The number of carbonyl (C=O) groups excluding carboxylic acids is 1. The summed E-state index contributed by atoms with van der Waals surface area (Å²) in [6, 6.07) is 9.55. The van der Waals surface area contributed by atoms with Crippen LogP contribution in [0.1, 0.15) is 82.9 Å². The van der Waals surface area contributed by atoms with Crippen LogP contribution in [0.15, 0.2) is 34.9 Å². The number of thiazole rings is 1. The van der Waals surface area contributed by atoms with Crippen molar-refractivity contribution < 1.29 is 27.9 Å². The van der Waals surface area contributed by atoms with Gasteiger partial charge in [-0.3, -0.25) is 0 Å². The van der Waals surface area contributed by atoms with E-state index in [1.54, 1.807) is 6.07 Å². The third-order valence-electron chi connectivity index (χ3n) is 8.84. The number of benzene rings is 2. The molecular weight excluding hydrogens is 557 g/mol. The number of fused-ring (bicyclic) bond motifs is 3. The zero-order valence-electron chi connectivity index (χ0n) is 24.0. The molecule has 10 heteroatoms. The molecule has 0 spiro atoms. The van der Waals surface area contributed by atoms with Crippen LogP contribution in [0.5, 0.6) is 5.75 Å². The fourth-order valence-electron chi connectivity index (χ4n) is 6.56. The van der Waals surface area contributed by atoms with Crippen LogP contribution in [0.25, 0.3) is 10.2 Å². The number of halogens is 1. The molecule has 0 N–H and O–H groups in total. The molecule has 42 heavy (non-hydrogen) atoms. The van der Waals surface area contributed by atoms with Gasteiger partial charge in [0.1, 0.15) is 29.3 Å². The molecule has 2 bridgehead atoms. The zero-order valence-corrected chi connectivity index (χ0v) is 24.8. The SMILES string of the molecule is COC(=O)c1cc(F)c2nc(N3[C@@H]4CC[C@H]3CC(OCc3c(COc5c(C)cccc5C)noc3C3CC3)C4)sc2c1. The van der Waals surface area contributed by atoms with Crippen molar-refractivity contribution in [3.05, 3.63) is 69.9 Å². The van der Waals surface area contributed by atoms with Crippen molar-refractivity contribution in [3.8, 4) is 5.75 Å². The summed E-state index contributed by atoms with van der Waals surface area (Å²) < 4.78 is 38.9. The molecule has 220 valence electrons. The van der Waals surface area contributed by atoms with Gasteiger partial charge in [0, 0.05) is 23.6 Å². The maximum absolute atomic E-state index is 14.8. The number of methoxy groups -OCH3 is 1. The van der Waals surface area contributed by atoms with E-state index in [9.17, 15) is 9.18 Å². The Morgan fingerprint density at radius 3 is 2.52 bits per heavy atom. The topological polar surface area (TPSA) is 86.9 Å². The highest BCUT2D eigenvalue weighted by Gasteiger charge is 2.43. The van der Waals surface area contributed by atoms with Gasteiger partial charge in [-0.1, -0.05) is 34.7 Å². The monoisotopic (exact) mass is 591 g/mol. The third-order valence-corrected chi connectivity index (χ3v) is 9.86. The second kappa shape index (κ2) is 11.0. The van der Waals surface area contributed by atoms with Crippen LogP contribution in [0.3, 0.4) is 0 Å². The number of piperidine rings is 1. The first-order valence-electron chi connectivity index (χ1n) is 14.6. The summed E-state index contributed by atoms with van der Waals surface area (Å²) >= 11 is 1.43. The molecule has 7 rings (SSSR count). The Labute approximate surface area is 247 Å².